The fraction of sp³-hybridized carbons (Fsp3) is 0.200. The van der Waals surface area contributed by atoms with Crippen LogP contribution >= 0.6 is 11.3 Å². The lowest BCUT2D eigenvalue weighted by Gasteiger charge is -2.20. The molecule has 0 bridgehead atoms. The molecule has 1 aromatic heterocycles. The number of hydrogen-bond donors (Lipinski definition) is 3. The van der Waals surface area contributed by atoms with Crippen molar-refractivity contribution < 1.29 is 24.5 Å². The SMILES string of the molecule is CNCC[C@H](Oc1cccc2ccsc12)c1ccccc1.O=C(O)C(=O)O. The summed E-state index contributed by atoms with van der Waals surface area (Å²) in [6.07, 6.45) is 1.02. The van der Waals surface area contributed by atoms with Gasteiger partial charge in [-0.15, -0.1) is 11.3 Å². The van der Waals surface area contributed by atoms with Crippen LogP contribution in [0.1, 0.15) is 18.1 Å². The molecule has 27 heavy (non-hydrogen) atoms. The minimum Gasteiger partial charge on any atom is -0.484 e. The van der Waals surface area contributed by atoms with Crippen molar-refractivity contribution in [3.05, 3.63) is 65.5 Å². The summed E-state index contributed by atoms with van der Waals surface area (Å²) in [5.41, 5.74) is 1.22. The number of fused-ring (bicyclic) bond motifs is 1. The maximum Gasteiger partial charge on any atom is 0.414 e. The zero-order chi connectivity index (χ0) is 19.6. The average molecular weight is 387 g/mol. The van der Waals surface area contributed by atoms with Gasteiger partial charge in [0.1, 0.15) is 11.9 Å². The van der Waals surface area contributed by atoms with Gasteiger partial charge in [-0.05, 0) is 42.1 Å². The predicted molar refractivity (Wildman–Crippen MR) is 105 cm³/mol. The van der Waals surface area contributed by atoms with Gasteiger partial charge in [0, 0.05) is 6.42 Å². The van der Waals surface area contributed by atoms with Crippen LogP contribution in [-0.4, -0.2) is 35.7 Å². The van der Waals surface area contributed by atoms with E-state index in [4.69, 9.17) is 24.5 Å². The van der Waals surface area contributed by atoms with Gasteiger partial charge in [0.05, 0.1) is 4.70 Å². The van der Waals surface area contributed by atoms with Crippen LogP contribution in [0.15, 0.2) is 60.0 Å². The van der Waals surface area contributed by atoms with Crippen LogP contribution in [-0.2, 0) is 9.59 Å². The van der Waals surface area contributed by atoms with Gasteiger partial charge in [0.2, 0.25) is 0 Å². The lowest BCUT2D eigenvalue weighted by atomic mass is 10.1. The summed E-state index contributed by atoms with van der Waals surface area (Å²) in [6, 6.07) is 18.8. The molecule has 0 aliphatic heterocycles. The van der Waals surface area contributed by atoms with E-state index < -0.39 is 11.9 Å². The molecule has 142 valence electrons. The molecule has 0 aliphatic rings. The first-order chi connectivity index (χ1) is 13.0. The molecule has 0 radical (unpaired) electrons. The molecule has 6 nitrogen and oxygen atoms in total. The van der Waals surface area contributed by atoms with Gasteiger partial charge in [-0.1, -0.05) is 42.5 Å². The molecule has 0 spiro atoms. The summed E-state index contributed by atoms with van der Waals surface area (Å²) < 4.78 is 7.57. The Morgan fingerprint density at radius 3 is 2.37 bits per heavy atom. The molecule has 3 N–H and O–H groups in total. The second-order valence-electron chi connectivity index (χ2n) is 5.61. The Labute approximate surface area is 161 Å². The van der Waals surface area contributed by atoms with Crippen LogP contribution in [0.4, 0.5) is 0 Å². The van der Waals surface area contributed by atoms with E-state index in [1.165, 1.54) is 15.6 Å². The van der Waals surface area contributed by atoms with Crippen LogP contribution < -0.4 is 10.1 Å². The minimum absolute atomic E-state index is 0.0753. The zero-order valence-corrected chi connectivity index (χ0v) is 15.6. The highest BCUT2D eigenvalue weighted by Gasteiger charge is 2.14. The van der Waals surface area contributed by atoms with E-state index in [9.17, 15) is 0 Å². The molecule has 0 fully saturated rings. The highest BCUT2D eigenvalue weighted by atomic mass is 32.1. The average Bonchev–Trinajstić information content (AvgIpc) is 3.16. The number of carboxylic acid groups (broad SMARTS) is 2. The van der Waals surface area contributed by atoms with Crippen LogP contribution in [0.5, 0.6) is 5.75 Å². The predicted octanol–water partition coefficient (Wildman–Crippen LogP) is 3.79. The van der Waals surface area contributed by atoms with Gasteiger partial charge < -0.3 is 20.3 Å². The van der Waals surface area contributed by atoms with E-state index in [0.29, 0.717) is 0 Å². The second kappa shape index (κ2) is 10.3. The Balaban J connectivity index is 0.000000380. The molecule has 0 saturated carbocycles. The van der Waals surface area contributed by atoms with Crippen molar-refractivity contribution in [1.29, 1.82) is 0 Å². The van der Waals surface area contributed by atoms with Crippen LogP contribution in [0.2, 0.25) is 0 Å². The number of aliphatic carboxylic acids is 2. The van der Waals surface area contributed by atoms with E-state index in [-0.39, 0.29) is 6.10 Å². The number of carbonyl (C=O) groups is 2. The Morgan fingerprint density at radius 1 is 1.04 bits per heavy atom. The first-order valence-electron chi connectivity index (χ1n) is 8.31. The van der Waals surface area contributed by atoms with Crippen LogP contribution in [0.3, 0.4) is 0 Å². The molecule has 7 heteroatoms. The van der Waals surface area contributed by atoms with E-state index in [1.807, 2.05) is 13.1 Å². The topological polar surface area (TPSA) is 95.9 Å². The van der Waals surface area contributed by atoms with Crippen molar-refractivity contribution in [3.8, 4) is 5.75 Å². The lowest BCUT2D eigenvalue weighted by Crippen LogP contribution is -2.16. The van der Waals surface area contributed by atoms with Crippen molar-refractivity contribution >= 4 is 33.4 Å². The van der Waals surface area contributed by atoms with Gasteiger partial charge >= 0.3 is 11.9 Å². The third-order valence-corrected chi connectivity index (χ3v) is 4.67. The Kier molecular flexibility index (Phi) is 7.79. The summed E-state index contributed by atoms with van der Waals surface area (Å²) in [4.78, 5) is 18.2. The molecule has 0 aliphatic carbocycles. The Bertz CT molecular complexity index is 866. The van der Waals surface area contributed by atoms with Gasteiger partial charge in [-0.25, -0.2) is 9.59 Å². The maximum absolute atomic E-state index is 9.10. The quantitative estimate of drug-likeness (QED) is 0.557. The highest BCUT2D eigenvalue weighted by molar-refractivity contribution is 7.17. The van der Waals surface area contributed by atoms with Gasteiger partial charge in [0.25, 0.3) is 0 Å². The smallest absolute Gasteiger partial charge is 0.414 e. The first-order valence-corrected chi connectivity index (χ1v) is 9.19. The first kappa shape index (κ1) is 20.4. The standard InChI is InChI=1S/C18H19NOS.C2H2O4/c1-19-12-10-16(14-6-3-2-4-7-14)20-17-9-5-8-15-11-13-21-18(15)17;3-1(4)2(5)6/h2-9,11,13,16,19H,10,12H2,1H3;(H,3,4)(H,5,6)/t16-;/m0./s1. The number of rotatable bonds is 6. The number of ether oxygens (including phenoxy) is 1. The molecule has 0 amide bonds. The number of nitrogens with one attached hydrogen (secondary N) is 1. The fourth-order valence-corrected chi connectivity index (χ4v) is 3.30. The highest BCUT2D eigenvalue weighted by Crippen LogP contribution is 2.34. The maximum atomic E-state index is 9.10. The largest absolute Gasteiger partial charge is 0.484 e. The molecule has 0 saturated heterocycles. The van der Waals surface area contributed by atoms with Gasteiger partial charge in [0.15, 0.2) is 0 Å². The summed E-state index contributed by atoms with van der Waals surface area (Å²) in [5, 5.41) is 21.4. The van der Waals surface area contributed by atoms with E-state index in [2.05, 4.69) is 59.2 Å². The molecular formula is C20H21NO5S. The molecule has 1 atom stereocenters. The van der Waals surface area contributed by atoms with Crippen molar-refractivity contribution in [3.63, 3.8) is 0 Å². The second-order valence-corrected chi connectivity index (χ2v) is 6.53. The van der Waals surface area contributed by atoms with Crippen molar-refractivity contribution in [1.82, 2.24) is 5.32 Å². The van der Waals surface area contributed by atoms with Crippen LogP contribution in [0.25, 0.3) is 10.1 Å². The Hall–Kier alpha value is -2.90. The zero-order valence-electron chi connectivity index (χ0n) is 14.8. The molecule has 3 rings (SSSR count). The summed E-state index contributed by atoms with van der Waals surface area (Å²) in [5.74, 6) is -2.67. The summed E-state index contributed by atoms with van der Waals surface area (Å²) in [6.45, 7) is 0.931. The lowest BCUT2D eigenvalue weighted by molar-refractivity contribution is -0.159. The normalized spacial score (nSPS) is 11.3. The Morgan fingerprint density at radius 2 is 1.74 bits per heavy atom. The number of carboxylic acids is 2. The molecule has 1 heterocycles. The van der Waals surface area contributed by atoms with E-state index >= 15 is 0 Å². The van der Waals surface area contributed by atoms with Crippen LogP contribution in [0, 0.1) is 0 Å². The molecule has 2 aromatic carbocycles. The van der Waals surface area contributed by atoms with Crippen molar-refractivity contribution in [2.45, 2.75) is 12.5 Å². The fourth-order valence-electron chi connectivity index (χ4n) is 2.45. The van der Waals surface area contributed by atoms with Crippen molar-refractivity contribution in [2.24, 2.45) is 0 Å². The molecule has 3 aromatic rings. The minimum atomic E-state index is -1.82. The third kappa shape index (κ3) is 6.09. The molecular weight excluding hydrogens is 366 g/mol. The van der Waals surface area contributed by atoms with Crippen molar-refractivity contribution in [2.75, 3.05) is 13.6 Å². The summed E-state index contributed by atoms with van der Waals surface area (Å²) >= 11 is 1.73. The number of benzene rings is 2. The van der Waals surface area contributed by atoms with Gasteiger partial charge in [-0.2, -0.15) is 0 Å². The van der Waals surface area contributed by atoms with Gasteiger partial charge in [-0.3, -0.25) is 0 Å². The van der Waals surface area contributed by atoms with E-state index in [1.54, 1.807) is 11.3 Å². The number of thiophene rings is 1. The van der Waals surface area contributed by atoms with E-state index in [0.717, 1.165) is 18.7 Å². The molecule has 0 unspecified atom stereocenters. The monoisotopic (exact) mass is 387 g/mol. The number of hydrogen-bond acceptors (Lipinski definition) is 5. The summed E-state index contributed by atoms with van der Waals surface area (Å²) in [7, 11) is 1.97. The third-order valence-electron chi connectivity index (χ3n) is 3.72.